The highest BCUT2D eigenvalue weighted by Gasteiger charge is 2.13. The Morgan fingerprint density at radius 2 is 2.00 bits per heavy atom. The molecule has 0 saturated heterocycles. The first-order chi connectivity index (χ1) is 8.97. The van der Waals surface area contributed by atoms with E-state index in [9.17, 15) is 9.90 Å². The second-order valence-corrected chi connectivity index (χ2v) is 4.64. The molecule has 0 aromatic heterocycles. The monoisotopic (exact) mass is 276 g/mol. The van der Waals surface area contributed by atoms with E-state index >= 15 is 0 Å². The second kappa shape index (κ2) is 5.20. The minimum Gasteiger partial charge on any atom is -0.507 e. The van der Waals surface area contributed by atoms with Crippen LogP contribution in [0.15, 0.2) is 36.4 Å². The highest BCUT2D eigenvalue weighted by molar-refractivity contribution is 6.31. The lowest BCUT2D eigenvalue weighted by Crippen LogP contribution is -2.13. The fourth-order valence-corrected chi connectivity index (χ4v) is 1.83. The molecule has 4 N–H and O–H groups in total. The number of nitrogens with one attached hydrogen (secondary N) is 1. The maximum Gasteiger partial charge on any atom is 0.259 e. The van der Waals surface area contributed by atoms with Gasteiger partial charge in [-0.05, 0) is 42.8 Å². The molecular weight excluding hydrogens is 264 g/mol. The van der Waals surface area contributed by atoms with Crippen LogP contribution in [0, 0.1) is 6.92 Å². The number of phenolic OH excluding ortho intramolecular Hbond substituents is 1. The maximum absolute atomic E-state index is 12.1. The molecule has 0 radical (unpaired) electrons. The van der Waals surface area contributed by atoms with E-state index in [0.29, 0.717) is 16.4 Å². The van der Waals surface area contributed by atoms with E-state index in [4.69, 9.17) is 17.3 Å². The first-order valence-corrected chi connectivity index (χ1v) is 6.01. The zero-order chi connectivity index (χ0) is 14.0. The van der Waals surface area contributed by atoms with Crippen molar-refractivity contribution in [2.45, 2.75) is 6.92 Å². The summed E-state index contributed by atoms with van der Waals surface area (Å²) in [5, 5.41) is 12.7. The molecular formula is C14H13ClN2O2. The molecule has 2 aromatic rings. The molecule has 0 atom stereocenters. The third-order valence-electron chi connectivity index (χ3n) is 2.66. The zero-order valence-corrected chi connectivity index (χ0v) is 11.0. The Kier molecular flexibility index (Phi) is 3.62. The van der Waals surface area contributed by atoms with Crippen LogP contribution in [-0.2, 0) is 0 Å². The summed E-state index contributed by atoms with van der Waals surface area (Å²) in [4.78, 5) is 12.1. The summed E-state index contributed by atoms with van der Waals surface area (Å²) in [7, 11) is 0. The number of rotatable bonds is 2. The molecule has 0 fully saturated rings. The summed E-state index contributed by atoms with van der Waals surface area (Å²) < 4.78 is 0. The van der Waals surface area contributed by atoms with Crippen molar-refractivity contribution in [1.29, 1.82) is 0 Å². The molecule has 4 nitrogen and oxygen atoms in total. The number of carbonyl (C=O) groups excluding carboxylic acids is 1. The summed E-state index contributed by atoms with van der Waals surface area (Å²) in [6, 6.07) is 9.60. The van der Waals surface area contributed by atoms with Crippen molar-refractivity contribution in [2.75, 3.05) is 11.1 Å². The summed E-state index contributed by atoms with van der Waals surface area (Å²) in [6.45, 7) is 1.89. The predicted octanol–water partition coefficient (Wildman–Crippen LogP) is 3.19. The van der Waals surface area contributed by atoms with Crippen LogP contribution in [0.1, 0.15) is 15.9 Å². The molecule has 98 valence electrons. The van der Waals surface area contributed by atoms with Gasteiger partial charge in [-0.2, -0.15) is 0 Å². The number of carbonyl (C=O) groups is 1. The third-order valence-corrected chi connectivity index (χ3v) is 2.90. The zero-order valence-electron chi connectivity index (χ0n) is 10.3. The van der Waals surface area contributed by atoms with Crippen molar-refractivity contribution in [3.8, 4) is 5.75 Å². The Balaban J connectivity index is 2.30. The van der Waals surface area contributed by atoms with Crippen LogP contribution in [0.25, 0.3) is 0 Å². The Labute approximate surface area is 115 Å². The predicted molar refractivity (Wildman–Crippen MR) is 76.7 cm³/mol. The van der Waals surface area contributed by atoms with Gasteiger partial charge in [-0.1, -0.05) is 17.7 Å². The van der Waals surface area contributed by atoms with Crippen molar-refractivity contribution in [3.05, 3.63) is 52.5 Å². The van der Waals surface area contributed by atoms with Gasteiger partial charge in [0.2, 0.25) is 0 Å². The van der Waals surface area contributed by atoms with E-state index in [1.54, 1.807) is 12.1 Å². The van der Waals surface area contributed by atoms with Crippen molar-refractivity contribution >= 4 is 28.9 Å². The molecule has 0 spiro atoms. The number of halogens is 1. The number of benzene rings is 2. The number of aryl methyl sites for hydroxylation is 1. The Morgan fingerprint density at radius 3 is 2.74 bits per heavy atom. The Morgan fingerprint density at radius 1 is 1.26 bits per heavy atom. The molecule has 0 aliphatic heterocycles. The molecule has 1 amide bonds. The average Bonchev–Trinajstić information content (AvgIpc) is 2.36. The largest absolute Gasteiger partial charge is 0.507 e. The number of amides is 1. The van der Waals surface area contributed by atoms with Gasteiger partial charge >= 0.3 is 0 Å². The quantitative estimate of drug-likeness (QED) is 0.737. The number of hydrogen-bond acceptors (Lipinski definition) is 3. The van der Waals surface area contributed by atoms with E-state index in [1.165, 1.54) is 18.2 Å². The molecule has 2 aromatic carbocycles. The number of anilines is 2. The number of nitrogen functional groups attached to an aromatic ring is 1. The normalized spacial score (nSPS) is 10.2. The van der Waals surface area contributed by atoms with Crippen LogP contribution in [0.4, 0.5) is 11.4 Å². The summed E-state index contributed by atoms with van der Waals surface area (Å²) >= 11 is 5.80. The summed E-state index contributed by atoms with van der Waals surface area (Å²) in [6.07, 6.45) is 0. The van der Waals surface area contributed by atoms with Crippen LogP contribution in [0.2, 0.25) is 5.02 Å². The van der Waals surface area contributed by atoms with Crippen molar-refractivity contribution in [2.24, 2.45) is 0 Å². The molecule has 0 unspecified atom stereocenters. The molecule has 0 bridgehead atoms. The topological polar surface area (TPSA) is 75.3 Å². The van der Waals surface area contributed by atoms with E-state index < -0.39 is 5.91 Å². The van der Waals surface area contributed by atoms with Crippen molar-refractivity contribution in [1.82, 2.24) is 0 Å². The Bertz CT molecular complexity index is 641. The van der Waals surface area contributed by atoms with E-state index in [1.807, 2.05) is 13.0 Å². The Hall–Kier alpha value is -2.20. The standard InChI is InChI=1S/C14H13ClN2O2/c1-8-2-4-11(16)12(6-8)17-14(19)10-7-9(15)3-5-13(10)18/h2-7,18H,16H2,1H3,(H,17,19). The molecule has 2 rings (SSSR count). The second-order valence-electron chi connectivity index (χ2n) is 4.21. The van der Waals surface area contributed by atoms with Crippen LogP contribution in [-0.4, -0.2) is 11.0 Å². The third kappa shape index (κ3) is 2.98. The van der Waals surface area contributed by atoms with Gasteiger partial charge in [0.1, 0.15) is 5.75 Å². The molecule has 5 heteroatoms. The highest BCUT2D eigenvalue weighted by atomic mass is 35.5. The van der Waals surface area contributed by atoms with Crippen LogP contribution in [0.3, 0.4) is 0 Å². The van der Waals surface area contributed by atoms with Gasteiger partial charge < -0.3 is 16.2 Å². The number of nitrogens with two attached hydrogens (primary N) is 1. The smallest absolute Gasteiger partial charge is 0.259 e. The average molecular weight is 277 g/mol. The lowest BCUT2D eigenvalue weighted by Gasteiger charge is -2.10. The minimum absolute atomic E-state index is 0.105. The maximum atomic E-state index is 12.1. The van der Waals surface area contributed by atoms with Gasteiger partial charge in [-0.3, -0.25) is 4.79 Å². The van der Waals surface area contributed by atoms with Crippen molar-refractivity contribution < 1.29 is 9.90 Å². The molecule has 0 aliphatic carbocycles. The molecule has 0 saturated carbocycles. The van der Waals surface area contributed by atoms with Crippen LogP contribution >= 0.6 is 11.6 Å². The van der Waals surface area contributed by atoms with Gasteiger partial charge in [0.25, 0.3) is 5.91 Å². The van der Waals surface area contributed by atoms with E-state index in [0.717, 1.165) is 5.56 Å². The molecule has 0 aliphatic rings. The summed E-state index contributed by atoms with van der Waals surface area (Å²) in [5.74, 6) is -0.592. The molecule has 0 heterocycles. The van der Waals surface area contributed by atoms with E-state index in [-0.39, 0.29) is 11.3 Å². The van der Waals surface area contributed by atoms with Gasteiger partial charge in [0.15, 0.2) is 0 Å². The fraction of sp³-hybridized carbons (Fsp3) is 0.0714. The lowest BCUT2D eigenvalue weighted by atomic mass is 10.1. The lowest BCUT2D eigenvalue weighted by molar-refractivity contribution is 0.102. The van der Waals surface area contributed by atoms with Gasteiger partial charge in [-0.15, -0.1) is 0 Å². The highest BCUT2D eigenvalue weighted by Crippen LogP contribution is 2.25. The minimum atomic E-state index is -0.461. The van der Waals surface area contributed by atoms with Gasteiger partial charge in [0, 0.05) is 5.02 Å². The number of hydrogen-bond donors (Lipinski definition) is 3. The number of phenols is 1. The first-order valence-electron chi connectivity index (χ1n) is 5.63. The first kappa shape index (κ1) is 13.2. The summed E-state index contributed by atoms with van der Waals surface area (Å²) in [5.41, 5.74) is 7.82. The van der Waals surface area contributed by atoms with Crippen LogP contribution < -0.4 is 11.1 Å². The van der Waals surface area contributed by atoms with Gasteiger partial charge in [0.05, 0.1) is 16.9 Å². The SMILES string of the molecule is Cc1ccc(N)c(NC(=O)c2cc(Cl)ccc2O)c1. The molecule has 19 heavy (non-hydrogen) atoms. The van der Waals surface area contributed by atoms with E-state index in [2.05, 4.69) is 5.32 Å². The number of aromatic hydroxyl groups is 1. The fourth-order valence-electron chi connectivity index (χ4n) is 1.66. The van der Waals surface area contributed by atoms with Crippen LogP contribution in [0.5, 0.6) is 5.75 Å². The van der Waals surface area contributed by atoms with Crippen molar-refractivity contribution in [3.63, 3.8) is 0 Å². The van der Waals surface area contributed by atoms with Gasteiger partial charge in [-0.25, -0.2) is 0 Å².